The standard InChI is InChI=1S/C9H18ClNO/c1-8(2)5-7-11-9(12)4-3-6-10/h8H,3-7H2,1-2H3,(H,11,12). The molecule has 2 nitrogen and oxygen atoms in total. The average Bonchev–Trinajstić information content (AvgIpc) is 2.00. The summed E-state index contributed by atoms with van der Waals surface area (Å²) >= 11 is 5.45. The number of carbonyl (C=O) groups excluding carboxylic acids is 1. The van der Waals surface area contributed by atoms with E-state index in [-0.39, 0.29) is 5.91 Å². The van der Waals surface area contributed by atoms with Gasteiger partial charge in [0.1, 0.15) is 0 Å². The molecule has 0 aliphatic rings. The Morgan fingerprint density at radius 1 is 1.50 bits per heavy atom. The lowest BCUT2D eigenvalue weighted by atomic mass is 10.1. The Bertz CT molecular complexity index is 126. The minimum Gasteiger partial charge on any atom is -0.356 e. The van der Waals surface area contributed by atoms with E-state index in [9.17, 15) is 4.79 Å². The number of hydrogen-bond acceptors (Lipinski definition) is 1. The van der Waals surface area contributed by atoms with Crippen molar-refractivity contribution < 1.29 is 4.79 Å². The third-order valence-corrected chi connectivity index (χ3v) is 1.85. The molecule has 1 amide bonds. The van der Waals surface area contributed by atoms with E-state index in [2.05, 4.69) is 19.2 Å². The van der Waals surface area contributed by atoms with E-state index >= 15 is 0 Å². The number of rotatable bonds is 6. The first-order valence-electron chi connectivity index (χ1n) is 4.49. The molecule has 0 spiro atoms. The predicted molar refractivity (Wildman–Crippen MR) is 52.4 cm³/mol. The van der Waals surface area contributed by atoms with Crippen molar-refractivity contribution >= 4 is 17.5 Å². The quantitative estimate of drug-likeness (QED) is 0.641. The van der Waals surface area contributed by atoms with Gasteiger partial charge in [0.25, 0.3) is 0 Å². The molecule has 0 aliphatic heterocycles. The van der Waals surface area contributed by atoms with E-state index in [4.69, 9.17) is 11.6 Å². The first-order valence-corrected chi connectivity index (χ1v) is 5.03. The molecule has 0 aliphatic carbocycles. The number of nitrogens with one attached hydrogen (secondary N) is 1. The lowest BCUT2D eigenvalue weighted by molar-refractivity contribution is -0.121. The van der Waals surface area contributed by atoms with Crippen LogP contribution in [0.1, 0.15) is 33.1 Å². The molecule has 0 fully saturated rings. The highest BCUT2D eigenvalue weighted by Gasteiger charge is 1.99. The van der Waals surface area contributed by atoms with Crippen LogP contribution in [0.5, 0.6) is 0 Å². The Morgan fingerprint density at radius 3 is 2.67 bits per heavy atom. The second kappa shape index (κ2) is 7.41. The number of hydrogen-bond donors (Lipinski definition) is 1. The van der Waals surface area contributed by atoms with E-state index in [0.29, 0.717) is 18.2 Å². The maximum Gasteiger partial charge on any atom is 0.220 e. The van der Waals surface area contributed by atoms with Gasteiger partial charge in [0.2, 0.25) is 5.91 Å². The van der Waals surface area contributed by atoms with Crippen molar-refractivity contribution in [3.05, 3.63) is 0 Å². The Balaban J connectivity index is 3.20. The Labute approximate surface area is 79.7 Å². The molecule has 0 aromatic rings. The molecule has 0 aromatic heterocycles. The summed E-state index contributed by atoms with van der Waals surface area (Å²) in [6.07, 6.45) is 2.38. The SMILES string of the molecule is CC(C)CCNC(=O)CCCCl. The summed E-state index contributed by atoms with van der Waals surface area (Å²) < 4.78 is 0. The van der Waals surface area contributed by atoms with Gasteiger partial charge in [-0.05, 0) is 18.8 Å². The van der Waals surface area contributed by atoms with Gasteiger partial charge in [0.15, 0.2) is 0 Å². The van der Waals surface area contributed by atoms with E-state index in [1.165, 1.54) is 0 Å². The summed E-state index contributed by atoms with van der Waals surface area (Å²) in [5.74, 6) is 1.34. The first-order chi connectivity index (χ1) is 5.66. The molecule has 0 saturated heterocycles. The average molecular weight is 192 g/mol. The third kappa shape index (κ3) is 7.86. The van der Waals surface area contributed by atoms with Gasteiger partial charge < -0.3 is 5.32 Å². The van der Waals surface area contributed by atoms with Crippen molar-refractivity contribution in [3.63, 3.8) is 0 Å². The van der Waals surface area contributed by atoms with Gasteiger partial charge in [0.05, 0.1) is 0 Å². The second-order valence-electron chi connectivity index (χ2n) is 3.33. The van der Waals surface area contributed by atoms with Crippen molar-refractivity contribution in [1.82, 2.24) is 5.32 Å². The summed E-state index contributed by atoms with van der Waals surface area (Å²) in [4.78, 5) is 11.0. The van der Waals surface area contributed by atoms with Crippen LogP contribution in [0.25, 0.3) is 0 Å². The van der Waals surface area contributed by atoms with Crippen molar-refractivity contribution in [2.24, 2.45) is 5.92 Å². The van der Waals surface area contributed by atoms with Crippen LogP contribution in [0.3, 0.4) is 0 Å². The van der Waals surface area contributed by atoms with Gasteiger partial charge in [0, 0.05) is 18.8 Å². The fraction of sp³-hybridized carbons (Fsp3) is 0.889. The smallest absolute Gasteiger partial charge is 0.220 e. The van der Waals surface area contributed by atoms with Gasteiger partial charge in [-0.2, -0.15) is 0 Å². The molecular weight excluding hydrogens is 174 g/mol. The van der Waals surface area contributed by atoms with Gasteiger partial charge in [-0.1, -0.05) is 13.8 Å². The van der Waals surface area contributed by atoms with Gasteiger partial charge >= 0.3 is 0 Å². The van der Waals surface area contributed by atoms with Gasteiger partial charge in [-0.25, -0.2) is 0 Å². The zero-order valence-corrected chi connectivity index (χ0v) is 8.66. The molecule has 3 heteroatoms. The topological polar surface area (TPSA) is 29.1 Å². The maximum absolute atomic E-state index is 11.0. The zero-order valence-electron chi connectivity index (χ0n) is 7.90. The van der Waals surface area contributed by atoms with Crippen LogP contribution in [0.4, 0.5) is 0 Å². The molecule has 0 atom stereocenters. The van der Waals surface area contributed by atoms with Crippen molar-refractivity contribution in [2.75, 3.05) is 12.4 Å². The molecule has 0 heterocycles. The monoisotopic (exact) mass is 191 g/mol. The number of alkyl halides is 1. The van der Waals surface area contributed by atoms with Crippen LogP contribution >= 0.6 is 11.6 Å². The number of amides is 1. The fourth-order valence-corrected chi connectivity index (χ4v) is 0.950. The summed E-state index contributed by atoms with van der Waals surface area (Å²) in [5, 5.41) is 2.85. The second-order valence-corrected chi connectivity index (χ2v) is 3.70. The van der Waals surface area contributed by atoms with Crippen LogP contribution in [0, 0.1) is 5.92 Å². The minimum atomic E-state index is 0.122. The molecule has 0 saturated carbocycles. The lowest BCUT2D eigenvalue weighted by Gasteiger charge is -2.05. The van der Waals surface area contributed by atoms with E-state index < -0.39 is 0 Å². The highest BCUT2D eigenvalue weighted by atomic mass is 35.5. The number of halogens is 1. The van der Waals surface area contributed by atoms with Crippen LogP contribution in [0.2, 0.25) is 0 Å². The molecule has 0 unspecified atom stereocenters. The molecule has 1 N–H and O–H groups in total. The lowest BCUT2D eigenvalue weighted by Crippen LogP contribution is -2.24. The highest BCUT2D eigenvalue weighted by molar-refractivity contribution is 6.17. The fourth-order valence-electron chi connectivity index (χ4n) is 0.816. The molecule has 0 bridgehead atoms. The number of carbonyl (C=O) groups is 1. The summed E-state index contributed by atoms with van der Waals surface area (Å²) in [6, 6.07) is 0. The van der Waals surface area contributed by atoms with Crippen molar-refractivity contribution in [2.45, 2.75) is 33.1 Å². The molecular formula is C9H18ClNO. The van der Waals surface area contributed by atoms with Gasteiger partial charge in [-0.3, -0.25) is 4.79 Å². The van der Waals surface area contributed by atoms with Crippen LogP contribution in [-0.4, -0.2) is 18.3 Å². The van der Waals surface area contributed by atoms with E-state index in [1.54, 1.807) is 0 Å². The summed E-state index contributed by atoms with van der Waals surface area (Å²) in [5.41, 5.74) is 0. The van der Waals surface area contributed by atoms with Crippen LogP contribution in [-0.2, 0) is 4.79 Å². The zero-order chi connectivity index (χ0) is 9.40. The Kier molecular flexibility index (Phi) is 7.26. The molecule has 0 rings (SSSR count). The third-order valence-electron chi connectivity index (χ3n) is 1.58. The molecule has 12 heavy (non-hydrogen) atoms. The van der Waals surface area contributed by atoms with E-state index in [0.717, 1.165) is 19.4 Å². The van der Waals surface area contributed by atoms with Gasteiger partial charge in [-0.15, -0.1) is 11.6 Å². The summed E-state index contributed by atoms with van der Waals surface area (Å²) in [7, 11) is 0. The van der Waals surface area contributed by atoms with Crippen molar-refractivity contribution in [3.8, 4) is 0 Å². The minimum absolute atomic E-state index is 0.122. The van der Waals surface area contributed by atoms with E-state index in [1.807, 2.05) is 0 Å². The molecule has 0 radical (unpaired) electrons. The van der Waals surface area contributed by atoms with Crippen LogP contribution < -0.4 is 5.32 Å². The molecule has 72 valence electrons. The summed E-state index contributed by atoms with van der Waals surface area (Å²) in [6.45, 7) is 5.08. The van der Waals surface area contributed by atoms with Crippen molar-refractivity contribution in [1.29, 1.82) is 0 Å². The largest absolute Gasteiger partial charge is 0.356 e. The predicted octanol–water partition coefficient (Wildman–Crippen LogP) is 2.17. The maximum atomic E-state index is 11.0. The normalized spacial score (nSPS) is 10.3. The first kappa shape index (κ1) is 11.8. The Hall–Kier alpha value is -0.240. The van der Waals surface area contributed by atoms with Crippen LogP contribution in [0.15, 0.2) is 0 Å². The molecule has 0 aromatic carbocycles. The Morgan fingerprint density at radius 2 is 2.17 bits per heavy atom. The highest BCUT2D eigenvalue weighted by Crippen LogP contribution is 1.97.